The number of nitrogens with one attached hydrogen (secondary N) is 1. The summed E-state index contributed by atoms with van der Waals surface area (Å²) >= 11 is 17.7. The first-order valence-electron chi connectivity index (χ1n) is 17.0. The molecule has 276 valence electrons. The maximum absolute atomic E-state index is 6.18. The Morgan fingerprint density at radius 3 is 1.47 bits per heavy atom. The lowest BCUT2D eigenvalue weighted by Crippen LogP contribution is -2.37. The van der Waals surface area contributed by atoms with Crippen LogP contribution in [0.1, 0.15) is 37.8 Å². The van der Waals surface area contributed by atoms with Crippen molar-refractivity contribution in [3.63, 3.8) is 0 Å². The van der Waals surface area contributed by atoms with Gasteiger partial charge in [-0.3, -0.25) is 0 Å². The Labute approximate surface area is 322 Å². The van der Waals surface area contributed by atoms with Gasteiger partial charge in [-0.25, -0.2) is 15.0 Å². The highest BCUT2D eigenvalue weighted by atomic mass is 35.5. The summed E-state index contributed by atoms with van der Waals surface area (Å²) < 4.78 is 10.6. The average molecular weight is 778 g/mol. The molecule has 2 saturated heterocycles. The molecule has 0 amide bonds. The third kappa shape index (κ3) is 11.1. The van der Waals surface area contributed by atoms with E-state index in [1.165, 1.54) is 6.07 Å². The second-order valence-electron chi connectivity index (χ2n) is 12.3. The van der Waals surface area contributed by atoms with E-state index in [1.54, 1.807) is 6.07 Å². The van der Waals surface area contributed by atoms with Crippen molar-refractivity contribution in [2.24, 2.45) is 20.4 Å². The lowest BCUT2D eigenvalue weighted by Gasteiger charge is -2.27. The average Bonchev–Trinajstić information content (AvgIpc) is 3.81. The maximum atomic E-state index is 6.18. The first kappa shape index (κ1) is 38.0. The van der Waals surface area contributed by atoms with Gasteiger partial charge in [-0.05, 0) is 49.2 Å². The van der Waals surface area contributed by atoms with Gasteiger partial charge in [0, 0.05) is 74.0 Å². The van der Waals surface area contributed by atoms with Crippen LogP contribution in [0.4, 0.5) is 29.1 Å². The first-order chi connectivity index (χ1) is 25.7. The molecule has 3 N–H and O–H groups in total. The number of hydrogen-bond acceptors (Lipinski definition) is 14. The van der Waals surface area contributed by atoms with Gasteiger partial charge in [0.15, 0.2) is 0 Å². The van der Waals surface area contributed by atoms with Crippen LogP contribution in [0, 0.1) is 0 Å². The van der Waals surface area contributed by atoms with Gasteiger partial charge >= 0.3 is 0 Å². The maximum Gasteiger partial charge on any atom is 0.228 e. The number of nitrogens with zero attached hydrogens (tertiary/aromatic N) is 10. The molecule has 0 unspecified atom stereocenters. The van der Waals surface area contributed by atoms with E-state index in [4.69, 9.17) is 50.0 Å². The second kappa shape index (κ2) is 18.3. The molecule has 4 aliphatic rings. The van der Waals surface area contributed by atoms with Gasteiger partial charge < -0.3 is 30.3 Å². The third-order valence-electron chi connectivity index (χ3n) is 8.19. The quantitative estimate of drug-likeness (QED) is 0.158. The van der Waals surface area contributed by atoms with Crippen molar-refractivity contribution in [3.05, 3.63) is 87.2 Å². The van der Waals surface area contributed by atoms with Gasteiger partial charge in [0.05, 0.1) is 37.9 Å². The largest absolute Gasteiger partial charge is 0.399 e. The summed E-state index contributed by atoms with van der Waals surface area (Å²) in [5.74, 6) is 1.86. The van der Waals surface area contributed by atoms with Crippen LogP contribution in [0.25, 0.3) is 0 Å². The monoisotopic (exact) mass is 776 g/mol. The van der Waals surface area contributed by atoms with Gasteiger partial charge in [-0.15, -0.1) is 0 Å². The Hall–Kier alpha value is -4.73. The van der Waals surface area contributed by atoms with E-state index in [9.17, 15) is 0 Å². The Balaban J connectivity index is 0.000000150. The molecule has 2 aromatic carbocycles. The molecule has 14 nitrogen and oxygen atoms in total. The number of halogens is 3. The van der Waals surface area contributed by atoms with E-state index in [0.29, 0.717) is 59.6 Å². The van der Waals surface area contributed by atoms with Crippen molar-refractivity contribution in [2.45, 2.75) is 26.7 Å². The number of morpholine rings is 2. The minimum absolute atomic E-state index is 0.367. The lowest BCUT2D eigenvalue weighted by atomic mass is 10.1. The van der Waals surface area contributed by atoms with E-state index in [1.807, 2.05) is 67.3 Å². The van der Waals surface area contributed by atoms with Crippen LogP contribution in [0.3, 0.4) is 0 Å². The predicted molar refractivity (Wildman–Crippen MR) is 214 cm³/mol. The molecular weight excluding hydrogens is 739 g/mol. The Morgan fingerprint density at radius 1 is 0.585 bits per heavy atom. The fourth-order valence-electron chi connectivity index (χ4n) is 5.46. The van der Waals surface area contributed by atoms with Gasteiger partial charge in [-0.1, -0.05) is 59.1 Å². The predicted octanol–water partition coefficient (Wildman–Crippen LogP) is 6.74. The molecule has 2 fully saturated rings. The lowest BCUT2D eigenvalue weighted by molar-refractivity contribution is 0.122. The van der Waals surface area contributed by atoms with Gasteiger partial charge in [0.25, 0.3) is 0 Å². The highest BCUT2D eigenvalue weighted by Crippen LogP contribution is 2.23. The van der Waals surface area contributed by atoms with E-state index in [0.717, 1.165) is 84.4 Å². The minimum atomic E-state index is 0.367. The molecule has 53 heavy (non-hydrogen) atoms. The summed E-state index contributed by atoms with van der Waals surface area (Å²) in [7, 11) is 0. The van der Waals surface area contributed by atoms with Gasteiger partial charge in [-0.2, -0.15) is 25.4 Å². The summed E-state index contributed by atoms with van der Waals surface area (Å²) in [4.78, 5) is 21.2. The number of anilines is 5. The number of rotatable bonds is 6. The van der Waals surface area contributed by atoms with Crippen molar-refractivity contribution in [1.29, 1.82) is 0 Å². The summed E-state index contributed by atoms with van der Waals surface area (Å²) in [6, 6.07) is 19.0. The number of nitrogen functional groups attached to an aromatic ring is 1. The van der Waals surface area contributed by atoms with Crippen LogP contribution >= 0.6 is 34.8 Å². The van der Waals surface area contributed by atoms with E-state index in [2.05, 4.69) is 50.6 Å². The summed E-state index contributed by atoms with van der Waals surface area (Å²) in [6.07, 6.45) is 1.65. The van der Waals surface area contributed by atoms with Crippen LogP contribution in [0.5, 0.6) is 0 Å². The van der Waals surface area contributed by atoms with Crippen molar-refractivity contribution in [2.75, 3.05) is 73.5 Å². The minimum Gasteiger partial charge on any atom is -0.399 e. The molecule has 0 radical (unpaired) electrons. The van der Waals surface area contributed by atoms with E-state index in [-0.39, 0.29) is 0 Å². The molecule has 4 aromatic rings. The smallest absolute Gasteiger partial charge is 0.228 e. The van der Waals surface area contributed by atoms with Crippen LogP contribution in [0.15, 0.2) is 81.1 Å². The highest BCUT2D eigenvalue weighted by Gasteiger charge is 2.17. The van der Waals surface area contributed by atoms with Gasteiger partial charge in [0.2, 0.25) is 11.9 Å². The topological polar surface area (TPSA) is 164 Å². The number of ether oxygens (including phenoxy) is 2. The fraction of sp³-hybridized carbons (Fsp3) is 0.333. The van der Waals surface area contributed by atoms with Crippen LogP contribution in [-0.2, 0) is 9.47 Å². The molecule has 0 bridgehead atoms. The van der Waals surface area contributed by atoms with E-state index >= 15 is 0 Å². The number of hydrogen-bond donors (Lipinski definition) is 2. The van der Waals surface area contributed by atoms with Crippen molar-refractivity contribution >= 4 is 86.7 Å². The summed E-state index contributed by atoms with van der Waals surface area (Å²) in [6.45, 7) is 9.76. The van der Waals surface area contributed by atoms with Crippen LogP contribution < -0.4 is 20.9 Å². The molecule has 2 aromatic heterocycles. The normalized spacial score (nSPS) is 16.7. The molecule has 8 rings (SSSR count). The Morgan fingerprint density at radius 2 is 1.02 bits per heavy atom. The molecule has 0 aliphatic carbocycles. The first-order valence-corrected chi connectivity index (χ1v) is 18.2. The molecule has 0 spiro atoms. The molecule has 6 heterocycles. The number of aromatic nitrogens is 4. The zero-order valence-corrected chi connectivity index (χ0v) is 31.6. The third-order valence-corrected chi connectivity index (χ3v) is 8.77. The Bertz CT molecular complexity index is 1970. The second-order valence-corrected chi connectivity index (χ2v) is 13.5. The molecule has 0 saturated carbocycles. The Kier molecular flexibility index (Phi) is 13.2. The molecule has 0 atom stereocenters. The van der Waals surface area contributed by atoms with Gasteiger partial charge in [0.1, 0.15) is 21.3 Å². The van der Waals surface area contributed by atoms with Crippen molar-refractivity contribution < 1.29 is 9.47 Å². The number of nitrogens with two attached hydrogens (primary N) is 1. The van der Waals surface area contributed by atoms with Crippen molar-refractivity contribution in [1.82, 2.24) is 19.9 Å². The SMILES string of the molecule is CC1=NN=C(c2ccc(N)cc2)C1.CC1=NN=C(c2ccc(Nc3cc(Cl)nc(N4CCOCC4)n3)cc2)C1.Clc1cc(Cl)nc(N2CCOCC2)n1. The van der Waals surface area contributed by atoms with Crippen molar-refractivity contribution in [3.8, 4) is 0 Å². The molecule has 17 heteroatoms. The molecular formula is C36H39Cl3N12O2. The fourth-order valence-corrected chi connectivity index (χ4v) is 6.06. The zero-order chi connectivity index (χ0) is 37.2. The zero-order valence-electron chi connectivity index (χ0n) is 29.3. The molecule has 4 aliphatic heterocycles. The number of benzene rings is 2. The summed E-state index contributed by atoms with van der Waals surface area (Å²) in [5.41, 5.74) is 13.6. The standard InChI is InChI=1S/C18H19ClN6O.C10H11N3.C8H9Cl2N3O/c1-12-10-15(24-23-12)13-2-4-14(5-3-13)20-17-11-16(19)21-18(22-17)25-6-8-26-9-7-25;1-7-6-10(13-12-7)8-2-4-9(11)5-3-8;9-6-5-7(10)12-8(11-6)13-1-3-14-4-2-13/h2-5,11H,6-10H2,1H3,(H,20,21,22);2-5H,6,11H2,1H3;5H,1-4H2. The summed E-state index contributed by atoms with van der Waals surface area (Å²) in [5, 5.41) is 20.8. The van der Waals surface area contributed by atoms with E-state index < -0.39 is 0 Å². The van der Waals surface area contributed by atoms with Crippen LogP contribution in [0.2, 0.25) is 15.5 Å². The van der Waals surface area contributed by atoms with Crippen LogP contribution in [-0.4, -0.2) is 95.4 Å². The highest BCUT2D eigenvalue weighted by molar-refractivity contribution is 6.33.